The van der Waals surface area contributed by atoms with Crippen LogP contribution in [-0.4, -0.2) is 0 Å². The fraction of sp³-hybridized carbons (Fsp3) is 0.0667. The highest BCUT2D eigenvalue weighted by atomic mass is 15.1. The quantitative estimate of drug-likeness (QED) is 0.119. The van der Waals surface area contributed by atoms with Gasteiger partial charge in [0, 0.05) is 78.3 Å². The predicted octanol–water partition coefficient (Wildman–Crippen LogP) is 21.5. The molecule has 2 aliphatic rings. The lowest BCUT2D eigenvalue weighted by molar-refractivity contribution is 0.652. The van der Waals surface area contributed by atoms with Gasteiger partial charge < -0.3 is 9.80 Å². The first-order valence-corrected chi connectivity index (χ1v) is 30.7. The van der Waals surface area contributed by atoms with E-state index in [0.717, 1.165) is 89.8 Å². The highest BCUT2D eigenvalue weighted by Crippen LogP contribution is 2.58. The summed E-state index contributed by atoms with van der Waals surface area (Å²) >= 11 is 0. The Kier molecular flexibility index (Phi) is 14.3. The van der Waals surface area contributed by atoms with Gasteiger partial charge in [-0.25, -0.2) is 0 Å². The zero-order chi connectivity index (χ0) is 63.4. The van der Waals surface area contributed by atoms with Gasteiger partial charge in [-0.3, -0.25) is 0 Å². The average molecular weight is 1170 g/mol. The largest absolute Gasteiger partial charge is 0.310 e. The summed E-state index contributed by atoms with van der Waals surface area (Å²) < 4.78 is 0. The molecule has 0 spiro atoms. The molecule has 2 nitrogen and oxygen atoms in total. The Morgan fingerprint density at radius 3 is 0.967 bits per heavy atom. The van der Waals surface area contributed by atoms with Crippen LogP contribution in [0, 0.1) is 74.1 Å². The van der Waals surface area contributed by atoms with E-state index in [1.807, 2.05) is 54.6 Å². The molecule has 2 aliphatic carbocycles. The van der Waals surface area contributed by atoms with Gasteiger partial charge in [-0.1, -0.05) is 197 Å². The third-order valence-corrected chi connectivity index (χ3v) is 18.7. The molecular formula is C90H60N2. The first-order valence-electron chi connectivity index (χ1n) is 30.7. The Hall–Kier alpha value is -12.4. The van der Waals surface area contributed by atoms with E-state index < -0.39 is 0 Å². The summed E-state index contributed by atoms with van der Waals surface area (Å²) in [7, 11) is 0. The molecule has 0 N–H and O–H groups in total. The highest BCUT2D eigenvalue weighted by molar-refractivity contribution is 6.00. The van der Waals surface area contributed by atoms with E-state index in [2.05, 4.69) is 273 Å². The zero-order valence-electron chi connectivity index (χ0n) is 51.6. The predicted molar refractivity (Wildman–Crippen MR) is 386 cm³/mol. The summed E-state index contributed by atoms with van der Waals surface area (Å²) in [4.78, 5) is 4.72. The van der Waals surface area contributed by atoms with Crippen LogP contribution in [0.1, 0.15) is 83.3 Å². The van der Waals surface area contributed by atoms with E-state index in [0.29, 0.717) is 33.4 Å². The first-order chi connectivity index (χ1) is 44.9. The van der Waals surface area contributed by atoms with Crippen LogP contribution in [0.25, 0.3) is 77.9 Å². The van der Waals surface area contributed by atoms with Crippen molar-refractivity contribution in [3.05, 3.63) is 310 Å². The second-order valence-corrected chi connectivity index (χ2v) is 24.5. The molecule has 0 fully saturated rings. The lowest BCUT2D eigenvalue weighted by atomic mass is 9.79. The highest BCUT2D eigenvalue weighted by Gasteiger charge is 2.42. The molecule has 92 heavy (non-hydrogen) atoms. The Labute approximate surface area is 541 Å². The zero-order valence-corrected chi connectivity index (χ0v) is 51.6. The normalized spacial score (nSPS) is 12.5. The number of rotatable bonds is 11. The molecule has 14 rings (SSSR count). The fourth-order valence-electron chi connectivity index (χ4n) is 14.2. The van der Waals surface area contributed by atoms with Crippen LogP contribution in [-0.2, 0) is 10.8 Å². The molecule has 430 valence electrons. The van der Waals surface area contributed by atoms with Gasteiger partial charge in [0.05, 0.1) is 0 Å². The molecule has 12 aromatic rings. The summed E-state index contributed by atoms with van der Waals surface area (Å²) in [5.41, 5.74) is 28.4. The molecule has 0 amide bonds. The van der Waals surface area contributed by atoms with Crippen LogP contribution >= 0.6 is 0 Å². The molecule has 0 unspecified atom stereocenters. The second kappa shape index (κ2) is 23.0. The van der Waals surface area contributed by atoms with Crippen LogP contribution in [0.5, 0.6) is 0 Å². The number of anilines is 6. The Bertz CT molecular complexity index is 5240. The molecule has 0 aliphatic heterocycles. The summed E-state index contributed by atoms with van der Waals surface area (Å²) in [6.45, 7) is 9.52. The van der Waals surface area contributed by atoms with E-state index in [1.165, 1.54) is 44.5 Å². The Morgan fingerprint density at radius 1 is 0.228 bits per heavy atom. The summed E-state index contributed by atoms with van der Waals surface area (Å²) in [5, 5.41) is 0. The number of terminal acetylenes is 6. The Morgan fingerprint density at radius 2 is 0.554 bits per heavy atom. The maximum absolute atomic E-state index is 6.40. The lowest BCUT2D eigenvalue weighted by Crippen LogP contribution is -2.18. The number of nitrogens with zero attached hydrogens (tertiary/aromatic N) is 2. The van der Waals surface area contributed by atoms with Crippen molar-refractivity contribution in [2.24, 2.45) is 0 Å². The number of benzene rings is 12. The summed E-state index contributed by atoms with van der Waals surface area (Å²) in [6, 6.07) is 90.0. The standard InChI is InChI=1S/C90H60N2/c1-11-59-31-28-44-74(71(59)14-4)80-56-82(76-46-30-33-61(13-3)73(76)16-6)81(75-45-29-32-60(12-2)72(75)15-5)55-79(80)64-36-26-34-62(51-64)63-35-27-43-68(52-63)92(67-41-24-19-25-42-67)70-48-50-78-84-58-87-83(57-88(84)90(9,10)86(78)54-70)77-49-47-69(53-85(77)89(87,7)8)91(65-37-20-17-21-38-65)66-39-22-18-23-40-66/h1-6,17-58H,7-10H3. The van der Waals surface area contributed by atoms with Gasteiger partial charge in [0.15, 0.2) is 0 Å². The summed E-state index contributed by atoms with van der Waals surface area (Å²) in [6.07, 6.45) is 37.5. The molecule has 0 atom stereocenters. The molecular weight excluding hydrogens is 1110 g/mol. The Balaban J connectivity index is 0.875. The van der Waals surface area contributed by atoms with Gasteiger partial charge in [-0.05, 0) is 221 Å². The SMILES string of the molecule is C#Cc1cccc(-c2cc(-c3cccc(C#C)c3C#C)c(-c3cccc(C#C)c3C#C)cc2-c2cccc(-c3cccc(N(c4ccccc4)c4ccc5c(c4)C(C)(C)c4cc6c(cc4-5)C(C)(C)c4cc(N(c5ccccc5)c5ccccc5)ccc4-6)c3)c2)c1C#C. The van der Waals surface area contributed by atoms with Crippen molar-refractivity contribution >= 4 is 34.1 Å². The monoisotopic (exact) mass is 1170 g/mol. The number of hydrogen-bond donors (Lipinski definition) is 0. The summed E-state index contributed by atoms with van der Waals surface area (Å²) in [5.74, 6) is 17.3. The van der Waals surface area contributed by atoms with E-state index in [9.17, 15) is 0 Å². The van der Waals surface area contributed by atoms with E-state index >= 15 is 0 Å². The minimum Gasteiger partial charge on any atom is -0.310 e. The van der Waals surface area contributed by atoms with E-state index in [-0.39, 0.29) is 10.8 Å². The van der Waals surface area contributed by atoms with Gasteiger partial charge in [0.2, 0.25) is 0 Å². The fourth-order valence-corrected chi connectivity index (χ4v) is 14.2. The maximum atomic E-state index is 6.40. The van der Waals surface area contributed by atoms with Crippen molar-refractivity contribution in [2.75, 3.05) is 9.80 Å². The molecule has 0 saturated heterocycles. The number of fused-ring (bicyclic) bond motifs is 6. The molecule has 0 heterocycles. The van der Waals surface area contributed by atoms with Gasteiger partial charge in [0.1, 0.15) is 0 Å². The van der Waals surface area contributed by atoms with Crippen molar-refractivity contribution in [1.29, 1.82) is 0 Å². The molecule has 2 heteroatoms. The van der Waals surface area contributed by atoms with Crippen LogP contribution in [0.15, 0.2) is 255 Å². The van der Waals surface area contributed by atoms with Gasteiger partial charge in [0.25, 0.3) is 0 Å². The second-order valence-electron chi connectivity index (χ2n) is 24.5. The number of para-hydroxylation sites is 3. The smallest absolute Gasteiger partial charge is 0.0477 e. The minimum atomic E-state index is -0.313. The van der Waals surface area contributed by atoms with Crippen LogP contribution in [0.4, 0.5) is 34.1 Å². The first kappa shape index (κ1) is 57.4. The molecule has 0 bridgehead atoms. The van der Waals surface area contributed by atoms with Gasteiger partial charge in [-0.2, -0.15) is 0 Å². The van der Waals surface area contributed by atoms with Crippen molar-refractivity contribution in [1.82, 2.24) is 0 Å². The maximum Gasteiger partial charge on any atom is 0.0477 e. The molecule has 0 saturated carbocycles. The average Bonchev–Trinajstić information content (AvgIpc) is 1.53. The lowest BCUT2D eigenvalue weighted by Gasteiger charge is -2.28. The van der Waals surface area contributed by atoms with Gasteiger partial charge >= 0.3 is 0 Å². The van der Waals surface area contributed by atoms with Gasteiger partial charge in [-0.15, -0.1) is 38.5 Å². The van der Waals surface area contributed by atoms with E-state index in [4.69, 9.17) is 38.5 Å². The third kappa shape index (κ3) is 9.44. The van der Waals surface area contributed by atoms with Crippen molar-refractivity contribution in [3.8, 4) is 152 Å². The van der Waals surface area contributed by atoms with Crippen LogP contribution in [0.3, 0.4) is 0 Å². The third-order valence-electron chi connectivity index (χ3n) is 18.7. The van der Waals surface area contributed by atoms with Crippen LogP contribution in [0.2, 0.25) is 0 Å². The van der Waals surface area contributed by atoms with Crippen molar-refractivity contribution in [3.63, 3.8) is 0 Å². The van der Waals surface area contributed by atoms with Crippen molar-refractivity contribution < 1.29 is 0 Å². The molecule has 0 radical (unpaired) electrons. The molecule has 12 aromatic carbocycles. The topological polar surface area (TPSA) is 6.48 Å². The van der Waals surface area contributed by atoms with Crippen LogP contribution < -0.4 is 9.80 Å². The van der Waals surface area contributed by atoms with Crippen molar-refractivity contribution in [2.45, 2.75) is 38.5 Å². The number of hydrogen-bond acceptors (Lipinski definition) is 2. The minimum absolute atomic E-state index is 0.254. The molecule has 0 aromatic heterocycles. The van der Waals surface area contributed by atoms with E-state index in [1.54, 1.807) is 0 Å².